The molecule has 1 amide bonds. The van der Waals surface area contributed by atoms with Gasteiger partial charge in [0.2, 0.25) is 0 Å². The first-order valence-corrected chi connectivity index (χ1v) is 7.00. The third-order valence-corrected chi connectivity index (χ3v) is 3.10. The second-order valence-corrected chi connectivity index (χ2v) is 5.00. The molecule has 0 atom stereocenters. The zero-order chi connectivity index (χ0) is 15.9. The highest BCUT2D eigenvalue weighted by molar-refractivity contribution is 5.94. The van der Waals surface area contributed by atoms with E-state index in [0.717, 1.165) is 5.69 Å². The quantitative estimate of drug-likeness (QED) is 0.834. The molecule has 0 saturated carbocycles. The molecule has 0 bridgehead atoms. The van der Waals surface area contributed by atoms with Gasteiger partial charge < -0.3 is 15.0 Å². The Morgan fingerprint density at radius 1 is 1.18 bits per heavy atom. The molecule has 0 radical (unpaired) electrons. The van der Waals surface area contributed by atoms with Crippen molar-refractivity contribution < 1.29 is 13.9 Å². The number of rotatable bonds is 6. The van der Waals surface area contributed by atoms with Gasteiger partial charge in [-0.15, -0.1) is 0 Å². The number of ether oxygens (including phenoxy) is 1. The predicted octanol–water partition coefficient (Wildman–Crippen LogP) is 2.70. The van der Waals surface area contributed by atoms with Crippen LogP contribution >= 0.6 is 0 Å². The lowest BCUT2D eigenvalue weighted by Crippen LogP contribution is -2.28. The van der Waals surface area contributed by atoms with E-state index in [4.69, 9.17) is 4.74 Å². The number of hydrogen-bond donors (Lipinski definition) is 1. The molecule has 116 valence electrons. The van der Waals surface area contributed by atoms with Gasteiger partial charge in [0.05, 0.1) is 6.54 Å². The minimum absolute atomic E-state index is 0.159. The van der Waals surface area contributed by atoms with Crippen LogP contribution in [0.15, 0.2) is 48.5 Å². The van der Waals surface area contributed by atoms with Gasteiger partial charge in [0.25, 0.3) is 5.91 Å². The van der Waals surface area contributed by atoms with E-state index in [9.17, 15) is 9.18 Å². The van der Waals surface area contributed by atoms with Gasteiger partial charge in [0.1, 0.15) is 18.2 Å². The second kappa shape index (κ2) is 7.45. The summed E-state index contributed by atoms with van der Waals surface area (Å²) in [7, 11) is 3.89. The van der Waals surface area contributed by atoms with Crippen LogP contribution in [0.4, 0.5) is 10.1 Å². The fourth-order valence-corrected chi connectivity index (χ4v) is 1.90. The molecule has 22 heavy (non-hydrogen) atoms. The van der Waals surface area contributed by atoms with Crippen LogP contribution < -0.4 is 15.0 Å². The van der Waals surface area contributed by atoms with E-state index in [1.54, 1.807) is 24.3 Å². The van der Waals surface area contributed by atoms with Crippen LogP contribution in [0.1, 0.15) is 10.4 Å². The van der Waals surface area contributed by atoms with Crippen LogP contribution in [0.3, 0.4) is 0 Å². The van der Waals surface area contributed by atoms with Crippen molar-refractivity contribution in [2.24, 2.45) is 0 Å². The largest absolute Gasteiger partial charge is 0.492 e. The Morgan fingerprint density at radius 2 is 1.91 bits per heavy atom. The zero-order valence-corrected chi connectivity index (χ0v) is 12.7. The van der Waals surface area contributed by atoms with Gasteiger partial charge in [0, 0.05) is 31.4 Å². The Hall–Kier alpha value is -2.56. The number of hydrogen-bond acceptors (Lipinski definition) is 3. The summed E-state index contributed by atoms with van der Waals surface area (Å²) in [4.78, 5) is 13.9. The van der Waals surface area contributed by atoms with E-state index in [0.29, 0.717) is 17.9 Å². The molecule has 0 aliphatic heterocycles. The number of nitrogens with zero attached hydrogens (tertiary/aromatic N) is 1. The fraction of sp³-hybridized carbons (Fsp3) is 0.235. The van der Waals surface area contributed by atoms with Gasteiger partial charge >= 0.3 is 0 Å². The van der Waals surface area contributed by atoms with Gasteiger partial charge in [-0.2, -0.15) is 0 Å². The van der Waals surface area contributed by atoms with E-state index in [-0.39, 0.29) is 18.3 Å². The number of halogens is 1. The molecule has 0 unspecified atom stereocenters. The summed E-state index contributed by atoms with van der Waals surface area (Å²) in [5, 5.41) is 2.76. The maximum Gasteiger partial charge on any atom is 0.251 e. The van der Waals surface area contributed by atoms with Crippen molar-refractivity contribution in [2.75, 3.05) is 32.1 Å². The molecule has 0 fully saturated rings. The molecule has 2 rings (SSSR count). The van der Waals surface area contributed by atoms with E-state index in [1.165, 1.54) is 12.1 Å². The van der Waals surface area contributed by atoms with Crippen LogP contribution in [-0.2, 0) is 0 Å². The third kappa shape index (κ3) is 4.48. The molecule has 0 heterocycles. The Kier molecular flexibility index (Phi) is 5.36. The van der Waals surface area contributed by atoms with Crippen molar-refractivity contribution >= 4 is 11.6 Å². The summed E-state index contributed by atoms with van der Waals surface area (Å²) in [6.45, 7) is 0.635. The summed E-state index contributed by atoms with van der Waals surface area (Å²) >= 11 is 0. The molecule has 1 N–H and O–H groups in total. The molecule has 0 aromatic heterocycles. The molecule has 0 spiro atoms. The number of benzene rings is 2. The molecule has 0 aliphatic carbocycles. The maximum atomic E-state index is 13.0. The Labute approximate surface area is 129 Å². The first-order chi connectivity index (χ1) is 10.6. The first kappa shape index (κ1) is 15.8. The summed E-state index contributed by atoms with van der Waals surface area (Å²) in [5.74, 6) is -0.0553. The number of anilines is 1. The number of amides is 1. The average Bonchev–Trinajstić information content (AvgIpc) is 2.51. The molecule has 2 aromatic rings. The monoisotopic (exact) mass is 302 g/mol. The fourth-order valence-electron chi connectivity index (χ4n) is 1.90. The molecular weight excluding hydrogens is 283 g/mol. The van der Waals surface area contributed by atoms with Crippen LogP contribution in [0, 0.1) is 5.82 Å². The molecule has 2 aromatic carbocycles. The van der Waals surface area contributed by atoms with Gasteiger partial charge in [-0.1, -0.05) is 6.07 Å². The summed E-state index contributed by atoms with van der Waals surface area (Å²) in [5.41, 5.74) is 1.63. The Bertz CT molecular complexity index is 627. The molecule has 5 heteroatoms. The van der Waals surface area contributed by atoms with E-state index in [2.05, 4.69) is 5.32 Å². The lowest BCUT2D eigenvalue weighted by atomic mass is 10.2. The summed E-state index contributed by atoms with van der Waals surface area (Å²) < 4.78 is 18.3. The highest BCUT2D eigenvalue weighted by atomic mass is 19.1. The van der Waals surface area contributed by atoms with E-state index < -0.39 is 0 Å². The van der Waals surface area contributed by atoms with Crippen LogP contribution in [-0.4, -0.2) is 33.2 Å². The topological polar surface area (TPSA) is 41.6 Å². The molecule has 4 nitrogen and oxygen atoms in total. The standard InChI is InChI=1S/C17H19FN2O2/c1-20(2)15-8-6-13(7-9-15)17(21)19-10-11-22-16-5-3-4-14(18)12-16/h3-9,12H,10-11H2,1-2H3,(H,19,21). The van der Waals surface area contributed by atoms with Gasteiger partial charge in [0.15, 0.2) is 0 Å². The molecular formula is C17H19FN2O2. The number of carbonyl (C=O) groups excluding carboxylic acids is 1. The number of carbonyl (C=O) groups is 1. The highest BCUT2D eigenvalue weighted by Gasteiger charge is 2.05. The van der Waals surface area contributed by atoms with Crippen LogP contribution in [0.2, 0.25) is 0 Å². The van der Waals surface area contributed by atoms with Gasteiger partial charge in [-0.3, -0.25) is 4.79 Å². The summed E-state index contributed by atoms with van der Waals surface area (Å²) in [6, 6.07) is 13.2. The van der Waals surface area contributed by atoms with Crippen molar-refractivity contribution in [1.29, 1.82) is 0 Å². The molecule has 0 aliphatic rings. The predicted molar refractivity (Wildman–Crippen MR) is 85.0 cm³/mol. The second-order valence-electron chi connectivity index (χ2n) is 5.00. The van der Waals surface area contributed by atoms with Crippen molar-refractivity contribution in [2.45, 2.75) is 0 Å². The number of nitrogens with one attached hydrogen (secondary N) is 1. The van der Waals surface area contributed by atoms with Gasteiger partial charge in [-0.25, -0.2) is 4.39 Å². The van der Waals surface area contributed by atoms with Crippen molar-refractivity contribution in [1.82, 2.24) is 5.32 Å². The SMILES string of the molecule is CN(C)c1ccc(C(=O)NCCOc2cccc(F)c2)cc1. The average molecular weight is 302 g/mol. The van der Waals surface area contributed by atoms with E-state index >= 15 is 0 Å². The minimum atomic E-state index is -0.345. The zero-order valence-electron chi connectivity index (χ0n) is 12.7. The lowest BCUT2D eigenvalue weighted by molar-refractivity contribution is 0.0947. The smallest absolute Gasteiger partial charge is 0.251 e. The van der Waals surface area contributed by atoms with Crippen molar-refractivity contribution in [3.8, 4) is 5.75 Å². The highest BCUT2D eigenvalue weighted by Crippen LogP contribution is 2.12. The summed E-state index contributed by atoms with van der Waals surface area (Å²) in [6.07, 6.45) is 0. The Morgan fingerprint density at radius 3 is 2.55 bits per heavy atom. The minimum Gasteiger partial charge on any atom is -0.492 e. The van der Waals surface area contributed by atoms with Crippen molar-refractivity contribution in [3.63, 3.8) is 0 Å². The Balaban J connectivity index is 1.78. The van der Waals surface area contributed by atoms with Crippen molar-refractivity contribution in [3.05, 3.63) is 59.9 Å². The third-order valence-electron chi connectivity index (χ3n) is 3.10. The normalized spacial score (nSPS) is 10.1. The molecule has 0 saturated heterocycles. The lowest BCUT2D eigenvalue weighted by Gasteiger charge is -2.12. The van der Waals surface area contributed by atoms with Crippen LogP contribution in [0.5, 0.6) is 5.75 Å². The van der Waals surface area contributed by atoms with Crippen LogP contribution in [0.25, 0.3) is 0 Å². The van der Waals surface area contributed by atoms with E-state index in [1.807, 2.05) is 31.1 Å². The van der Waals surface area contributed by atoms with Gasteiger partial charge in [-0.05, 0) is 36.4 Å². The maximum absolute atomic E-state index is 13.0. The first-order valence-electron chi connectivity index (χ1n) is 7.00.